The summed E-state index contributed by atoms with van der Waals surface area (Å²) >= 11 is 13.3. The highest BCUT2D eigenvalue weighted by molar-refractivity contribution is 7.91. The number of rotatable bonds is 4. The van der Waals surface area contributed by atoms with Crippen molar-refractivity contribution in [3.8, 4) is 0 Å². The molecule has 1 saturated carbocycles. The Morgan fingerprint density at radius 1 is 1.20 bits per heavy atom. The van der Waals surface area contributed by atoms with Crippen molar-refractivity contribution in [1.82, 2.24) is 4.72 Å². The maximum atomic E-state index is 12.3. The van der Waals surface area contributed by atoms with E-state index in [1.165, 1.54) is 11.3 Å². The van der Waals surface area contributed by atoms with E-state index >= 15 is 0 Å². The molecular weight excluding hydrogens is 337 g/mol. The van der Waals surface area contributed by atoms with E-state index in [2.05, 4.69) is 4.72 Å². The summed E-state index contributed by atoms with van der Waals surface area (Å²) in [5.41, 5.74) is 0.188. The summed E-state index contributed by atoms with van der Waals surface area (Å²) in [6.07, 6.45) is 1.47. The lowest BCUT2D eigenvalue weighted by Crippen LogP contribution is -2.34. The molecule has 0 radical (unpaired) electrons. The molecule has 0 bridgehead atoms. The molecule has 1 aromatic carbocycles. The minimum absolute atomic E-state index is 0.314. The summed E-state index contributed by atoms with van der Waals surface area (Å²) in [6.45, 7) is 0. The van der Waals surface area contributed by atoms with Gasteiger partial charge in [-0.1, -0.05) is 35.3 Å². The first-order valence-electron chi connectivity index (χ1n) is 5.96. The molecule has 2 aromatic rings. The molecule has 0 saturated heterocycles. The number of nitrogens with one attached hydrogen (secondary N) is 1. The van der Waals surface area contributed by atoms with Crippen LogP contribution in [0, 0.1) is 0 Å². The molecule has 0 amide bonds. The Labute approximate surface area is 131 Å². The molecule has 0 spiro atoms. The highest BCUT2D eigenvalue weighted by atomic mass is 35.5. The predicted molar refractivity (Wildman–Crippen MR) is 82.0 cm³/mol. The largest absolute Gasteiger partial charge is 0.250 e. The molecule has 0 atom stereocenters. The number of halogens is 2. The van der Waals surface area contributed by atoms with Crippen LogP contribution < -0.4 is 4.72 Å². The Balaban J connectivity index is 1.94. The van der Waals surface area contributed by atoms with Crippen LogP contribution in [0.4, 0.5) is 0 Å². The van der Waals surface area contributed by atoms with Crippen LogP contribution in [0.2, 0.25) is 10.0 Å². The van der Waals surface area contributed by atoms with Crippen molar-refractivity contribution in [2.75, 3.05) is 0 Å². The zero-order valence-electron chi connectivity index (χ0n) is 10.3. The number of sulfonamides is 1. The van der Waals surface area contributed by atoms with E-state index in [0.717, 1.165) is 18.4 Å². The van der Waals surface area contributed by atoms with Crippen LogP contribution in [0.3, 0.4) is 0 Å². The molecule has 3 nitrogen and oxygen atoms in total. The van der Waals surface area contributed by atoms with Crippen LogP contribution in [-0.2, 0) is 15.6 Å². The normalized spacial score (nSPS) is 17.1. The molecular formula is C13H11Cl2NO2S2. The first-order chi connectivity index (χ1) is 9.43. The molecule has 1 aliphatic rings. The number of hydrogen-bond donors (Lipinski definition) is 1. The van der Waals surface area contributed by atoms with E-state index < -0.39 is 15.6 Å². The zero-order chi connectivity index (χ0) is 14.4. The van der Waals surface area contributed by atoms with E-state index in [-0.39, 0.29) is 0 Å². The fourth-order valence-corrected chi connectivity index (χ4v) is 5.18. The van der Waals surface area contributed by atoms with E-state index in [4.69, 9.17) is 23.2 Å². The number of benzene rings is 1. The predicted octanol–water partition coefficient (Wildman–Crippen LogP) is 4.02. The Kier molecular flexibility index (Phi) is 3.59. The molecule has 1 aliphatic carbocycles. The second-order valence-corrected chi connectivity index (χ2v) is 8.44. The van der Waals surface area contributed by atoms with E-state index in [1.807, 2.05) is 0 Å². The van der Waals surface area contributed by atoms with Crippen molar-refractivity contribution in [2.45, 2.75) is 22.6 Å². The van der Waals surface area contributed by atoms with Gasteiger partial charge in [0, 0.05) is 10.0 Å². The quantitative estimate of drug-likeness (QED) is 0.907. The van der Waals surface area contributed by atoms with Crippen LogP contribution >= 0.6 is 34.5 Å². The molecule has 1 N–H and O–H groups in total. The number of thiophene rings is 1. The highest BCUT2D eigenvalue weighted by Gasteiger charge is 2.48. The van der Waals surface area contributed by atoms with Gasteiger partial charge < -0.3 is 0 Å². The smallest absolute Gasteiger partial charge is 0.206 e. The van der Waals surface area contributed by atoms with Gasteiger partial charge in [0.05, 0.1) is 5.54 Å². The molecule has 7 heteroatoms. The lowest BCUT2D eigenvalue weighted by Gasteiger charge is -2.18. The van der Waals surface area contributed by atoms with Gasteiger partial charge in [-0.15, -0.1) is 11.3 Å². The molecule has 3 rings (SSSR count). The zero-order valence-corrected chi connectivity index (χ0v) is 13.4. The van der Waals surface area contributed by atoms with Crippen molar-refractivity contribution in [1.29, 1.82) is 0 Å². The van der Waals surface area contributed by atoms with Gasteiger partial charge in [-0.2, -0.15) is 4.72 Å². The maximum absolute atomic E-state index is 12.3. The second-order valence-electron chi connectivity index (χ2n) is 4.74. The van der Waals surface area contributed by atoms with Gasteiger partial charge in [0.1, 0.15) is 4.21 Å². The average molecular weight is 348 g/mol. The summed E-state index contributed by atoms with van der Waals surface area (Å²) < 4.78 is 27.8. The Morgan fingerprint density at radius 2 is 1.95 bits per heavy atom. The van der Waals surface area contributed by atoms with Crippen LogP contribution in [0.5, 0.6) is 0 Å². The summed E-state index contributed by atoms with van der Waals surface area (Å²) in [5, 5.41) is 2.77. The van der Waals surface area contributed by atoms with Crippen molar-refractivity contribution < 1.29 is 8.42 Å². The minimum Gasteiger partial charge on any atom is -0.206 e. The molecule has 106 valence electrons. The Bertz CT molecular complexity index is 738. The molecule has 1 fully saturated rings. The molecule has 0 aliphatic heterocycles. The SMILES string of the molecule is O=S(=O)(NC1(c2ccc(Cl)cc2Cl)CC1)c1cccs1. The van der Waals surface area contributed by atoms with Gasteiger partial charge in [-0.3, -0.25) is 0 Å². The third kappa shape index (κ3) is 2.61. The monoisotopic (exact) mass is 347 g/mol. The fourth-order valence-electron chi connectivity index (χ4n) is 2.15. The molecule has 1 heterocycles. The molecule has 1 aromatic heterocycles. The van der Waals surface area contributed by atoms with Gasteiger partial charge >= 0.3 is 0 Å². The van der Waals surface area contributed by atoms with Crippen molar-refractivity contribution >= 4 is 44.6 Å². The summed E-state index contributed by atoms with van der Waals surface area (Å²) in [5.74, 6) is 0. The van der Waals surface area contributed by atoms with E-state index in [0.29, 0.717) is 14.3 Å². The van der Waals surface area contributed by atoms with Crippen molar-refractivity contribution in [3.63, 3.8) is 0 Å². The number of hydrogen-bond acceptors (Lipinski definition) is 3. The Morgan fingerprint density at radius 3 is 2.50 bits per heavy atom. The highest BCUT2D eigenvalue weighted by Crippen LogP contribution is 2.49. The van der Waals surface area contributed by atoms with Crippen LogP contribution in [0.1, 0.15) is 18.4 Å². The summed E-state index contributed by atoms with van der Waals surface area (Å²) in [7, 11) is -3.51. The maximum Gasteiger partial charge on any atom is 0.250 e. The molecule has 0 unspecified atom stereocenters. The van der Waals surface area contributed by atoms with Crippen molar-refractivity contribution in [3.05, 3.63) is 51.3 Å². The fraction of sp³-hybridized carbons (Fsp3) is 0.231. The van der Waals surface area contributed by atoms with Gasteiger partial charge in [-0.25, -0.2) is 8.42 Å². The van der Waals surface area contributed by atoms with E-state index in [9.17, 15) is 8.42 Å². The first kappa shape index (κ1) is 14.4. The topological polar surface area (TPSA) is 46.2 Å². The minimum atomic E-state index is -3.51. The Hall–Kier alpha value is -0.590. The average Bonchev–Trinajstić information content (AvgIpc) is 2.92. The van der Waals surface area contributed by atoms with Crippen LogP contribution in [0.25, 0.3) is 0 Å². The third-order valence-corrected chi connectivity index (χ3v) is 6.77. The summed E-state index contributed by atoms with van der Waals surface area (Å²) in [4.78, 5) is 0. The lowest BCUT2D eigenvalue weighted by atomic mass is 10.1. The van der Waals surface area contributed by atoms with Gasteiger partial charge in [-0.05, 0) is 42.0 Å². The van der Waals surface area contributed by atoms with Crippen molar-refractivity contribution in [2.24, 2.45) is 0 Å². The van der Waals surface area contributed by atoms with Crippen LogP contribution in [-0.4, -0.2) is 8.42 Å². The first-order valence-corrected chi connectivity index (χ1v) is 9.08. The second kappa shape index (κ2) is 5.00. The third-order valence-electron chi connectivity index (χ3n) is 3.29. The molecule has 20 heavy (non-hydrogen) atoms. The standard InChI is InChI=1S/C13H11Cl2NO2S2/c14-9-3-4-10(11(15)8-9)13(5-6-13)16-20(17,18)12-2-1-7-19-12/h1-4,7-8,16H,5-6H2. The van der Waals surface area contributed by atoms with Crippen LogP contribution in [0.15, 0.2) is 39.9 Å². The van der Waals surface area contributed by atoms with E-state index in [1.54, 1.807) is 35.7 Å². The van der Waals surface area contributed by atoms with Gasteiger partial charge in [0.15, 0.2) is 0 Å². The lowest BCUT2D eigenvalue weighted by molar-refractivity contribution is 0.554. The van der Waals surface area contributed by atoms with Gasteiger partial charge in [0.25, 0.3) is 10.0 Å². The van der Waals surface area contributed by atoms with Gasteiger partial charge in [0.2, 0.25) is 0 Å². The summed E-state index contributed by atoms with van der Waals surface area (Å²) in [6, 6.07) is 8.45.